The van der Waals surface area contributed by atoms with Gasteiger partial charge in [-0.1, -0.05) is 52.0 Å². The molecule has 1 aliphatic rings. The third-order valence-electron chi connectivity index (χ3n) is 4.47. The van der Waals surface area contributed by atoms with E-state index in [4.69, 9.17) is 4.98 Å². The summed E-state index contributed by atoms with van der Waals surface area (Å²) in [6.07, 6.45) is 1.98. The van der Waals surface area contributed by atoms with Gasteiger partial charge >= 0.3 is 0 Å². The molecule has 3 aromatic rings. The van der Waals surface area contributed by atoms with E-state index in [2.05, 4.69) is 15.9 Å². The van der Waals surface area contributed by atoms with Crippen molar-refractivity contribution in [1.29, 1.82) is 0 Å². The molecule has 1 saturated carbocycles. The van der Waals surface area contributed by atoms with Crippen molar-refractivity contribution in [3.8, 4) is 0 Å². The smallest absolute Gasteiger partial charge is 0.262 e. The number of nitrogens with zero attached hydrogens (tertiary/aromatic N) is 2. The Kier molecular flexibility index (Phi) is 4.71. The number of carbonyl (C=O) groups is 1. The molecule has 0 saturated heterocycles. The fourth-order valence-corrected chi connectivity index (χ4v) is 4.24. The van der Waals surface area contributed by atoms with Crippen LogP contribution in [0.25, 0.3) is 10.9 Å². The molecule has 26 heavy (non-hydrogen) atoms. The normalized spacial score (nSPS) is 15.2. The quantitative estimate of drug-likeness (QED) is 0.330. The highest BCUT2D eigenvalue weighted by Gasteiger charge is 2.30. The number of Topliss-reactive ketones (excluding diaryl/α,β-unsaturated/α-hetero) is 1. The number of ketones is 1. The lowest BCUT2D eigenvalue weighted by Crippen LogP contribution is -2.24. The average Bonchev–Trinajstić information content (AvgIpc) is 3.47. The van der Waals surface area contributed by atoms with Gasteiger partial charge in [0.25, 0.3) is 5.56 Å². The van der Waals surface area contributed by atoms with Gasteiger partial charge in [0.2, 0.25) is 0 Å². The molecule has 1 aromatic heterocycles. The van der Waals surface area contributed by atoms with Crippen molar-refractivity contribution in [1.82, 2.24) is 9.55 Å². The minimum absolute atomic E-state index is 0.0103. The first-order valence-electron chi connectivity index (χ1n) is 8.52. The fraction of sp³-hybridized carbons (Fsp3) is 0.250. The lowest BCUT2D eigenvalue weighted by molar-refractivity contribution is 0.0994. The van der Waals surface area contributed by atoms with Crippen LogP contribution >= 0.6 is 27.7 Å². The van der Waals surface area contributed by atoms with Crippen LogP contribution in [-0.4, -0.2) is 20.6 Å². The maximum absolute atomic E-state index is 12.9. The standard InChI is InChI=1S/C20H17BrN2O2S/c1-12(18(24)13-6-8-14(21)9-7-13)26-20-22-17-5-3-2-4-16(17)19(25)23(20)15-10-11-15/h2-9,12,15H,10-11H2,1H3. The molecule has 4 rings (SSSR count). The number of para-hydroxylation sites is 1. The van der Waals surface area contributed by atoms with Crippen molar-refractivity contribution in [3.63, 3.8) is 0 Å². The number of thioether (sulfide) groups is 1. The highest BCUT2D eigenvalue weighted by Crippen LogP contribution is 2.38. The third-order valence-corrected chi connectivity index (χ3v) is 6.06. The molecular weight excluding hydrogens is 412 g/mol. The van der Waals surface area contributed by atoms with Gasteiger partial charge in [0, 0.05) is 16.1 Å². The van der Waals surface area contributed by atoms with E-state index in [0.29, 0.717) is 21.6 Å². The zero-order valence-electron chi connectivity index (χ0n) is 14.2. The molecule has 4 nitrogen and oxygen atoms in total. The van der Waals surface area contributed by atoms with Gasteiger partial charge in [-0.25, -0.2) is 4.98 Å². The summed E-state index contributed by atoms with van der Waals surface area (Å²) >= 11 is 4.75. The van der Waals surface area contributed by atoms with E-state index < -0.39 is 0 Å². The molecule has 6 heteroatoms. The molecule has 1 unspecified atom stereocenters. The van der Waals surface area contributed by atoms with Crippen molar-refractivity contribution in [2.24, 2.45) is 0 Å². The Morgan fingerprint density at radius 2 is 1.88 bits per heavy atom. The summed E-state index contributed by atoms with van der Waals surface area (Å²) in [6.45, 7) is 1.87. The van der Waals surface area contributed by atoms with Crippen LogP contribution in [0, 0.1) is 0 Å². The Labute approximate surface area is 163 Å². The van der Waals surface area contributed by atoms with Gasteiger partial charge in [-0.2, -0.15) is 0 Å². The minimum Gasteiger partial charge on any atom is -0.293 e. The van der Waals surface area contributed by atoms with Crippen LogP contribution < -0.4 is 5.56 Å². The Bertz CT molecular complexity index is 1040. The second-order valence-corrected chi connectivity index (χ2v) is 8.67. The highest BCUT2D eigenvalue weighted by atomic mass is 79.9. The maximum Gasteiger partial charge on any atom is 0.262 e. The van der Waals surface area contributed by atoms with Crippen LogP contribution in [0.5, 0.6) is 0 Å². The molecule has 0 bridgehead atoms. The van der Waals surface area contributed by atoms with Gasteiger partial charge in [-0.05, 0) is 44.0 Å². The predicted molar refractivity (Wildman–Crippen MR) is 108 cm³/mol. The summed E-state index contributed by atoms with van der Waals surface area (Å²) in [5.74, 6) is 0.0345. The van der Waals surface area contributed by atoms with Gasteiger partial charge in [0.05, 0.1) is 16.2 Å². The summed E-state index contributed by atoms with van der Waals surface area (Å²) < 4.78 is 2.71. The summed E-state index contributed by atoms with van der Waals surface area (Å²) in [6, 6.07) is 14.9. The maximum atomic E-state index is 12.9. The van der Waals surface area contributed by atoms with Gasteiger partial charge in [0.15, 0.2) is 10.9 Å². The summed E-state index contributed by atoms with van der Waals surface area (Å²) in [4.78, 5) is 30.4. The molecule has 0 N–H and O–H groups in total. The first-order valence-corrected chi connectivity index (χ1v) is 10.2. The van der Waals surface area contributed by atoms with Crippen LogP contribution in [0.2, 0.25) is 0 Å². The van der Waals surface area contributed by atoms with Crippen LogP contribution in [0.3, 0.4) is 0 Å². The largest absolute Gasteiger partial charge is 0.293 e. The first kappa shape index (κ1) is 17.5. The van der Waals surface area contributed by atoms with Crippen molar-refractivity contribution in [2.45, 2.75) is 36.2 Å². The highest BCUT2D eigenvalue weighted by molar-refractivity contribution is 9.10. The Morgan fingerprint density at radius 1 is 1.19 bits per heavy atom. The Morgan fingerprint density at radius 3 is 2.58 bits per heavy atom. The zero-order chi connectivity index (χ0) is 18.3. The molecule has 1 fully saturated rings. The van der Waals surface area contributed by atoms with Gasteiger partial charge < -0.3 is 0 Å². The minimum atomic E-state index is -0.325. The van der Waals surface area contributed by atoms with Crippen molar-refractivity contribution in [3.05, 3.63) is 68.9 Å². The number of carbonyl (C=O) groups excluding carboxylic acids is 1. The SMILES string of the molecule is CC(Sc1nc2ccccc2c(=O)n1C1CC1)C(=O)c1ccc(Br)cc1. The van der Waals surface area contributed by atoms with Crippen molar-refractivity contribution >= 4 is 44.4 Å². The molecule has 0 aliphatic heterocycles. The molecule has 0 amide bonds. The lowest BCUT2D eigenvalue weighted by Gasteiger charge is -2.15. The number of hydrogen-bond acceptors (Lipinski definition) is 4. The number of aromatic nitrogens is 2. The number of hydrogen-bond donors (Lipinski definition) is 0. The lowest BCUT2D eigenvalue weighted by atomic mass is 10.1. The van der Waals surface area contributed by atoms with Crippen LogP contribution in [0.15, 0.2) is 63.0 Å². The van der Waals surface area contributed by atoms with Crippen LogP contribution in [0.4, 0.5) is 0 Å². The molecule has 2 aromatic carbocycles. The van der Waals surface area contributed by atoms with Crippen LogP contribution in [-0.2, 0) is 0 Å². The van der Waals surface area contributed by atoms with Crippen molar-refractivity contribution in [2.75, 3.05) is 0 Å². The van der Waals surface area contributed by atoms with Gasteiger partial charge in [0.1, 0.15) is 0 Å². The zero-order valence-corrected chi connectivity index (χ0v) is 16.6. The third kappa shape index (κ3) is 3.35. The van der Waals surface area contributed by atoms with Crippen LogP contribution in [0.1, 0.15) is 36.2 Å². The summed E-state index contributed by atoms with van der Waals surface area (Å²) in [7, 11) is 0. The van der Waals surface area contributed by atoms with E-state index in [1.165, 1.54) is 11.8 Å². The average molecular weight is 429 g/mol. The van der Waals surface area contributed by atoms with E-state index in [1.807, 2.05) is 55.5 Å². The Balaban J connectivity index is 1.70. The van der Waals surface area contributed by atoms with E-state index in [-0.39, 0.29) is 22.6 Å². The predicted octanol–water partition coefficient (Wildman–Crippen LogP) is 4.86. The fourth-order valence-electron chi connectivity index (χ4n) is 2.92. The number of halogens is 1. The number of benzene rings is 2. The van der Waals surface area contributed by atoms with E-state index in [9.17, 15) is 9.59 Å². The molecule has 1 aliphatic carbocycles. The first-order chi connectivity index (χ1) is 12.5. The molecule has 1 atom stereocenters. The second kappa shape index (κ2) is 7.00. The number of rotatable bonds is 5. The van der Waals surface area contributed by atoms with E-state index in [1.54, 1.807) is 4.57 Å². The summed E-state index contributed by atoms with van der Waals surface area (Å²) in [5, 5.41) is 0.944. The molecule has 1 heterocycles. The van der Waals surface area contributed by atoms with Crippen molar-refractivity contribution < 1.29 is 4.79 Å². The number of fused-ring (bicyclic) bond motifs is 1. The molecule has 0 radical (unpaired) electrons. The topological polar surface area (TPSA) is 52.0 Å². The molecule has 0 spiro atoms. The Hall–Kier alpha value is -1.92. The summed E-state index contributed by atoms with van der Waals surface area (Å²) in [5.41, 5.74) is 1.33. The van der Waals surface area contributed by atoms with Gasteiger partial charge in [-0.3, -0.25) is 14.2 Å². The molecular formula is C20H17BrN2O2S. The van der Waals surface area contributed by atoms with Gasteiger partial charge in [-0.15, -0.1) is 0 Å². The van der Waals surface area contributed by atoms with E-state index >= 15 is 0 Å². The second-order valence-electron chi connectivity index (χ2n) is 6.45. The monoisotopic (exact) mass is 428 g/mol. The molecule has 132 valence electrons. The van der Waals surface area contributed by atoms with E-state index in [0.717, 1.165) is 17.3 Å².